The first-order chi connectivity index (χ1) is 18.0. The first-order valence-corrected chi connectivity index (χ1v) is 12.6. The Morgan fingerprint density at radius 1 is 1.11 bits per heavy atom. The summed E-state index contributed by atoms with van der Waals surface area (Å²) in [6, 6.07) is 1.13. The largest absolute Gasteiger partial charge is 0.339 e. The summed E-state index contributed by atoms with van der Waals surface area (Å²) >= 11 is 0. The molecule has 0 bridgehead atoms. The summed E-state index contributed by atoms with van der Waals surface area (Å²) in [5.74, 6) is 1.90. The Labute approximate surface area is 212 Å². The van der Waals surface area contributed by atoms with Gasteiger partial charge >= 0.3 is 0 Å². The van der Waals surface area contributed by atoms with Gasteiger partial charge in [-0.15, -0.1) is 0 Å². The molecule has 5 heterocycles. The zero-order chi connectivity index (χ0) is 25.4. The fourth-order valence-electron chi connectivity index (χ4n) is 4.82. The van der Waals surface area contributed by atoms with E-state index in [1.165, 1.54) is 18.6 Å². The van der Waals surface area contributed by atoms with Crippen molar-refractivity contribution < 1.29 is 9.18 Å². The maximum atomic E-state index is 14.7. The van der Waals surface area contributed by atoms with Crippen LogP contribution in [0, 0.1) is 0 Å². The van der Waals surface area contributed by atoms with Gasteiger partial charge in [-0.2, -0.15) is 20.1 Å². The maximum Gasteiger partial charge on any atom is 0.248 e. The minimum atomic E-state index is -1.22. The van der Waals surface area contributed by atoms with Crippen molar-refractivity contribution in [1.82, 2.24) is 35.1 Å². The van der Waals surface area contributed by atoms with Gasteiger partial charge in [0.1, 0.15) is 12.2 Å². The lowest BCUT2D eigenvalue weighted by atomic mass is 10.1. The molecule has 2 saturated heterocycles. The van der Waals surface area contributed by atoms with Crippen LogP contribution in [0.5, 0.6) is 0 Å². The lowest BCUT2D eigenvalue weighted by Gasteiger charge is -2.31. The number of hydrogen-bond acceptors (Lipinski definition) is 11. The molecule has 194 valence electrons. The van der Waals surface area contributed by atoms with Gasteiger partial charge < -0.3 is 26.2 Å². The first kappa shape index (κ1) is 23.5. The third-order valence-electron chi connectivity index (χ3n) is 6.83. The van der Waals surface area contributed by atoms with Crippen LogP contribution in [0.4, 0.5) is 33.9 Å². The van der Waals surface area contributed by atoms with Crippen LogP contribution >= 0.6 is 0 Å². The number of carbonyl (C=O) groups excluding carboxylic acids is 1. The molecule has 14 heteroatoms. The van der Waals surface area contributed by atoms with Crippen molar-refractivity contribution in [3.63, 3.8) is 0 Å². The minimum Gasteiger partial charge on any atom is -0.339 e. The number of nitrogens with zero attached hydrogens (tertiary/aromatic N) is 8. The van der Waals surface area contributed by atoms with E-state index in [0.29, 0.717) is 30.0 Å². The van der Waals surface area contributed by atoms with E-state index in [2.05, 4.69) is 45.8 Å². The number of alkyl halides is 1. The molecule has 6 rings (SSSR count). The summed E-state index contributed by atoms with van der Waals surface area (Å²) in [5, 5.41) is 13.3. The number of aromatic nitrogens is 7. The Morgan fingerprint density at radius 3 is 2.76 bits per heavy atom. The van der Waals surface area contributed by atoms with E-state index in [1.54, 1.807) is 4.90 Å². The highest BCUT2D eigenvalue weighted by Crippen LogP contribution is 2.39. The number of piperidine rings is 1. The van der Waals surface area contributed by atoms with Crippen LogP contribution < -0.4 is 26.2 Å². The van der Waals surface area contributed by atoms with Crippen molar-refractivity contribution in [2.24, 2.45) is 5.73 Å². The zero-order valence-corrected chi connectivity index (χ0v) is 20.2. The number of nitrogens with one attached hydrogen (secondary N) is 3. The predicted octanol–water partition coefficient (Wildman–Crippen LogP) is 1.49. The summed E-state index contributed by atoms with van der Waals surface area (Å²) in [5.41, 5.74) is 7.28. The maximum absolute atomic E-state index is 14.7. The molecular weight excluding hydrogens is 479 g/mol. The second-order valence-electron chi connectivity index (χ2n) is 9.80. The second kappa shape index (κ2) is 9.84. The first-order valence-electron chi connectivity index (χ1n) is 12.6. The highest BCUT2D eigenvalue weighted by atomic mass is 19.1. The molecule has 0 aromatic carbocycles. The Balaban J connectivity index is 1.30. The van der Waals surface area contributed by atoms with Gasteiger partial charge in [0.25, 0.3) is 0 Å². The van der Waals surface area contributed by atoms with Crippen molar-refractivity contribution in [1.29, 1.82) is 0 Å². The van der Waals surface area contributed by atoms with Crippen molar-refractivity contribution in [3.05, 3.63) is 30.4 Å². The van der Waals surface area contributed by atoms with Gasteiger partial charge in [0.05, 0.1) is 12.7 Å². The topological polar surface area (TPSA) is 167 Å². The highest BCUT2D eigenvalue weighted by Gasteiger charge is 2.39. The molecule has 37 heavy (non-hydrogen) atoms. The molecule has 3 aromatic rings. The van der Waals surface area contributed by atoms with Crippen LogP contribution in [0.1, 0.15) is 43.7 Å². The Morgan fingerprint density at radius 2 is 1.97 bits per heavy atom. The van der Waals surface area contributed by atoms with Gasteiger partial charge in [0.2, 0.25) is 23.8 Å². The monoisotopic (exact) mass is 508 g/mol. The van der Waals surface area contributed by atoms with Gasteiger partial charge in [-0.05, 0) is 25.7 Å². The molecular formula is C23H29FN12O. The van der Waals surface area contributed by atoms with Gasteiger partial charge in [0, 0.05) is 55.6 Å². The summed E-state index contributed by atoms with van der Waals surface area (Å²) in [4.78, 5) is 38.6. The van der Waals surface area contributed by atoms with Gasteiger partial charge in [-0.1, -0.05) is 0 Å². The molecule has 1 aliphatic carbocycles. The van der Waals surface area contributed by atoms with Crippen molar-refractivity contribution in [2.45, 2.75) is 56.3 Å². The summed E-state index contributed by atoms with van der Waals surface area (Å²) in [6.07, 6.45) is 7.35. The Hall–Kier alpha value is -3.94. The number of aromatic amines is 1. The van der Waals surface area contributed by atoms with Crippen LogP contribution in [0.15, 0.2) is 24.7 Å². The standard InChI is InChI=1S/C23H29FN12O/c24-14-8-17(20(37)28-19-10-26-5-6-27-19)36(11-14)23-31-21(29-18-9-16(33-34-18)13-3-4-13)30-22(32-23)35-7-1-2-15(25)12-35/h5-6,9-10,13-15,17H,1-4,7-8,11-12,25H2,(H,27,28,37)(H2,29,30,31,32,33,34)/t14-,15?,17+/m1/s1. The fourth-order valence-corrected chi connectivity index (χ4v) is 4.82. The molecule has 1 amide bonds. The van der Waals surface area contributed by atoms with Gasteiger partial charge in [-0.25, -0.2) is 9.37 Å². The number of H-pyrrole nitrogens is 1. The van der Waals surface area contributed by atoms with E-state index in [0.717, 1.165) is 37.9 Å². The molecule has 1 unspecified atom stereocenters. The van der Waals surface area contributed by atoms with Crippen LogP contribution in [-0.2, 0) is 4.79 Å². The zero-order valence-electron chi connectivity index (χ0n) is 20.2. The molecule has 13 nitrogen and oxygen atoms in total. The normalized spacial score (nSPS) is 23.8. The third-order valence-corrected chi connectivity index (χ3v) is 6.83. The molecule has 0 spiro atoms. The number of amides is 1. The molecule has 3 atom stereocenters. The van der Waals surface area contributed by atoms with E-state index in [1.807, 2.05) is 11.0 Å². The highest BCUT2D eigenvalue weighted by molar-refractivity contribution is 5.96. The van der Waals surface area contributed by atoms with Crippen molar-refractivity contribution in [2.75, 3.05) is 40.1 Å². The molecule has 5 N–H and O–H groups in total. The van der Waals surface area contributed by atoms with E-state index in [4.69, 9.17) is 5.73 Å². The third kappa shape index (κ3) is 5.28. The molecule has 3 fully saturated rings. The molecule has 2 aliphatic heterocycles. The fraction of sp³-hybridized carbons (Fsp3) is 0.522. The number of carbonyl (C=O) groups is 1. The minimum absolute atomic E-state index is 0.00494. The van der Waals surface area contributed by atoms with E-state index >= 15 is 0 Å². The number of rotatable bonds is 7. The number of halogens is 1. The Kier molecular flexibility index (Phi) is 6.24. The average molecular weight is 509 g/mol. The number of nitrogens with two attached hydrogens (primary N) is 1. The van der Waals surface area contributed by atoms with E-state index in [-0.39, 0.29) is 30.9 Å². The lowest BCUT2D eigenvalue weighted by Crippen LogP contribution is -2.44. The SMILES string of the molecule is NC1CCCN(c2nc(Nc3cc(C4CC4)[nH]n3)nc(N3C[C@H](F)C[C@H]3C(=O)Nc3cnccn3)n2)C1. The molecule has 3 aromatic heterocycles. The quantitative estimate of drug-likeness (QED) is 0.365. The van der Waals surface area contributed by atoms with E-state index < -0.39 is 18.1 Å². The molecule has 0 radical (unpaired) electrons. The van der Waals surface area contributed by atoms with Crippen LogP contribution in [-0.4, -0.2) is 78.9 Å². The lowest BCUT2D eigenvalue weighted by molar-refractivity contribution is -0.117. The summed E-state index contributed by atoms with van der Waals surface area (Å²) in [6.45, 7) is 1.32. The number of anilines is 5. The molecule has 3 aliphatic rings. The van der Waals surface area contributed by atoms with Crippen LogP contribution in [0.2, 0.25) is 0 Å². The predicted molar refractivity (Wildman–Crippen MR) is 134 cm³/mol. The van der Waals surface area contributed by atoms with Crippen LogP contribution in [0.3, 0.4) is 0 Å². The van der Waals surface area contributed by atoms with E-state index in [9.17, 15) is 9.18 Å². The molecule has 1 saturated carbocycles. The Bertz CT molecular complexity index is 1250. The van der Waals surface area contributed by atoms with Crippen molar-refractivity contribution in [3.8, 4) is 0 Å². The number of hydrogen-bond donors (Lipinski definition) is 4. The smallest absolute Gasteiger partial charge is 0.248 e. The second-order valence-corrected chi connectivity index (χ2v) is 9.80. The summed E-state index contributed by atoms with van der Waals surface area (Å²) in [7, 11) is 0. The average Bonchev–Trinajstić information content (AvgIpc) is 3.52. The van der Waals surface area contributed by atoms with Gasteiger partial charge in [0.15, 0.2) is 11.6 Å². The van der Waals surface area contributed by atoms with Gasteiger partial charge in [-0.3, -0.25) is 14.9 Å². The van der Waals surface area contributed by atoms with Crippen molar-refractivity contribution >= 4 is 35.4 Å². The van der Waals surface area contributed by atoms with Crippen LogP contribution in [0.25, 0.3) is 0 Å². The summed E-state index contributed by atoms with van der Waals surface area (Å²) < 4.78 is 14.7.